The van der Waals surface area contributed by atoms with Crippen LogP contribution in [0.2, 0.25) is 0 Å². The molecule has 0 spiro atoms. The van der Waals surface area contributed by atoms with Crippen molar-refractivity contribution in [1.29, 1.82) is 0 Å². The average molecular weight is 629 g/mol. The minimum atomic E-state index is -4.87. The molecule has 45 heavy (non-hydrogen) atoms. The van der Waals surface area contributed by atoms with Gasteiger partial charge in [0.25, 0.3) is 17.4 Å². The number of pyridine rings is 1. The number of nitrogens with one attached hydrogen (secondary N) is 2. The van der Waals surface area contributed by atoms with Gasteiger partial charge in [0, 0.05) is 31.4 Å². The summed E-state index contributed by atoms with van der Waals surface area (Å²) in [5.41, 5.74) is 1.63. The van der Waals surface area contributed by atoms with Gasteiger partial charge in [-0.25, -0.2) is 0 Å². The number of hydrogen-bond acceptors (Lipinski definition) is 7. The van der Waals surface area contributed by atoms with Crippen LogP contribution in [-0.4, -0.2) is 71.4 Å². The summed E-state index contributed by atoms with van der Waals surface area (Å²) in [5.74, 6) is -1.73. The lowest BCUT2D eigenvalue weighted by molar-refractivity contribution is -0.274. The van der Waals surface area contributed by atoms with Crippen molar-refractivity contribution in [3.63, 3.8) is 0 Å². The Bertz CT molecular complexity index is 1840. The Hall–Kier alpha value is -5.01. The maximum absolute atomic E-state index is 14.0. The van der Waals surface area contributed by atoms with Crippen molar-refractivity contribution in [1.82, 2.24) is 19.8 Å². The molecule has 0 saturated carbocycles. The van der Waals surface area contributed by atoms with Crippen molar-refractivity contribution in [3.8, 4) is 11.5 Å². The molecule has 5 rings (SSSR count). The van der Waals surface area contributed by atoms with E-state index in [9.17, 15) is 32.3 Å². The fourth-order valence-electron chi connectivity index (χ4n) is 5.65. The molecular weight excluding hydrogens is 597 g/mol. The number of aryl methyl sites for hydroxylation is 1. The average Bonchev–Trinajstić information content (AvgIpc) is 3.37. The van der Waals surface area contributed by atoms with Crippen molar-refractivity contribution in [2.45, 2.75) is 45.6 Å². The Morgan fingerprint density at radius 3 is 2.44 bits per heavy atom. The highest BCUT2D eigenvalue weighted by atomic mass is 19.4. The zero-order chi connectivity index (χ0) is 32.5. The van der Waals surface area contributed by atoms with E-state index in [2.05, 4.69) is 15.0 Å². The zero-order valence-electron chi connectivity index (χ0n) is 24.7. The number of hydrogen-bond donors (Lipinski definition) is 2. The fraction of sp³-hybridized carbons (Fsp3) is 0.355. The molecule has 2 amide bonds. The number of piperidine rings is 1. The van der Waals surface area contributed by atoms with Gasteiger partial charge >= 0.3 is 12.3 Å². The second-order valence-corrected chi connectivity index (χ2v) is 10.7. The number of rotatable bonds is 8. The van der Waals surface area contributed by atoms with E-state index >= 15 is 0 Å². The van der Waals surface area contributed by atoms with Crippen LogP contribution in [0.25, 0.3) is 21.8 Å². The summed E-state index contributed by atoms with van der Waals surface area (Å²) >= 11 is 0. The zero-order valence-corrected chi connectivity index (χ0v) is 24.7. The first-order valence-electron chi connectivity index (χ1n) is 14.1. The first-order valence-corrected chi connectivity index (χ1v) is 14.1. The van der Waals surface area contributed by atoms with Gasteiger partial charge in [0.05, 0.1) is 24.7 Å². The fourth-order valence-corrected chi connectivity index (χ4v) is 5.65. The van der Waals surface area contributed by atoms with Crippen molar-refractivity contribution in [3.05, 3.63) is 69.6 Å². The van der Waals surface area contributed by atoms with E-state index in [0.717, 1.165) is 5.56 Å². The van der Waals surface area contributed by atoms with E-state index in [4.69, 9.17) is 9.47 Å². The van der Waals surface area contributed by atoms with Gasteiger partial charge in [0.1, 0.15) is 16.8 Å². The van der Waals surface area contributed by atoms with Crippen LogP contribution in [0.15, 0.2) is 47.3 Å². The van der Waals surface area contributed by atoms with E-state index in [1.54, 1.807) is 23.1 Å². The first kappa shape index (κ1) is 31.4. The predicted molar refractivity (Wildman–Crippen MR) is 157 cm³/mol. The SMILES string of the molecule is COc1c(C(=O)NC2CCN(C(=O)COC(C)=O)CC2)[nH]c2c1c(=O)n(Cc1cccc(OC(F)(F)F)c1)c1cccc(C)c21. The highest BCUT2D eigenvalue weighted by molar-refractivity contribution is 6.12. The molecule has 14 heteroatoms. The van der Waals surface area contributed by atoms with Crippen LogP contribution in [0.5, 0.6) is 11.5 Å². The van der Waals surface area contributed by atoms with Gasteiger partial charge in [-0.3, -0.25) is 19.2 Å². The predicted octanol–water partition coefficient (Wildman–Crippen LogP) is 4.03. The maximum Gasteiger partial charge on any atom is 0.573 e. The molecule has 2 aromatic carbocycles. The standard InChI is InChI=1S/C31H31F3N4O7/c1-17-6-4-9-22-24(17)26-25(30(42)38(22)15-19-7-5-8-21(14-19)45-31(32,33)34)28(43-3)27(36-26)29(41)35-20-10-12-37(13-11-20)23(40)16-44-18(2)39/h4-9,14,20,36H,10-13,15-16H2,1-3H3,(H,35,41). The molecule has 2 N–H and O–H groups in total. The number of carbonyl (C=O) groups excluding carboxylic acids is 3. The van der Waals surface area contributed by atoms with Gasteiger partial charge < -0.3 is 34.0 Å². The number of methoxy groups -OCH3 is 1. The van der Waals surface area contributed by atoms with Gasteiger partial charge in [-0.2, -0.15) is 0 Å². The van der Waals surface area contributed by atoms with Crippen LogP contribution in [0.4, 0.5) is 13.2 Å². The van der Waals surface area contributed by atoms with Crippen LogP contribution in [0.1, 0.15) is 41.4 Å². The molecule has 1 fully saturated rings. The van der Waals surface area contributed by atoms with Crippen molar-refractivity contribution >= 4 is 39.6 Å². The minimum absolute atomic E-state index is 0.0366. The molecule has 1 aliphatic heterocycles. The molecule has 1 saturated heterocycles. The maximum atomic E-state index is 14.0. The van der Waals surface area contributed by atoms with Crippen LogP contribution in [0, 0.1) is 6.92 Å². The number of halogens is 3. The third kappa shape index (κ3) is 6.74. The van der Waals surface area contributed by atoms with Crippen LogP contribution < -0.4 is 20.3 Å². The molecular formula is C31H31F3N4O7. The second-order valence-electron chi connectivity index (χ2n) is 10.7. The summed E-state index contributed by atoms with van der Waals surface area (Å²) < 4.78 is 54.4. The Balaban J connectivity index is 1.47. The summed E-state index contributed by atoms with van der Waals surface area (Å²) in [6, 6.07) is 10.5. The third-order valence-electron chi connectivity index (χ3n) is 7.69. The number of carbonyl (C=O) groups is 3. The van der Waals surface area contributed by atoms with Crippen LogP contribution in [-0.2, 0) is 20.9 Å². The normalized spacial score (nSPS) is 14.0. The smallest absolute Gasteiger partial charge is 0.493 e. The van der Waals surface area contributed by atoms with Gasteiger partial charge in [-0.1, -0.05) is 24.3 Å². The highest BCUT2D eigenvalue weighted by Crippen LogP contribution is 2.34. The number of likely N-dealkylation sites (tertiary alicyclic amines) is 1. The van der Waals surface area contributed by atoms with E-state index in [1.807, 2.05) is 13.0 Å². The number of fused-ring (bicyclic) bond motifs is 3. The number of aromatic nitrogens is 2. The highest BCUT2D eigenvalue weighted by Gasteiger charge is 2.31. The van der Waals surface area contributed by atoms with E-state index in [1.165, 1.54) is 36.8 Å². The lowest BCUT2D eigenvalue weighted by Crippen LogP contribution is -2.47. The number of nitrogens with zero attached hydrogens (tertiary/aromatic N) is 2. The molecule has 0 atom stereocenters. The van der Waals surface area contributed by atoms with Crippen LogP contribution in [0.3, 0.4) is 0 Å². The Labute approximate surface area is 254 Å². The number of aromatic amines is 1. The molecule has 0 unspecified atom stereocenters. The number of ether oxygens (including phenoxy) is 3. The Kier molecular flexibility index (Phi) is 8.75. The van der Waals surface area contributed by atoms with Crippen LogP contribution >= 0.6 is 0 Å². The minimum Gasteiger partial charge on any atom is -0.493 e. The number of esters is 1. The molecule has 2 aromatic heterocycles. The van der Waals surface area contributed by atoms with E-state index in [-0.39, 0.29) is 41.9 Å². The largest absolute Gasteiger partial charge is 0.573 e. The number of alkyl halides is 3. The lowest BCUT2D eigenvalue weighted by Gasteiger charge is -2.32. The molecule has 3 heterocycles. The quantitative estimate of drug-likeness (QED) is 0.282. The number of amides is 2. The number of H-pyrrole nitrogens is 1. The lowest BCUT2D eigenvalue weighted by atomic mass is 10.0. The van der Waals surface area contributed by atoms with Crippen molar-refractivity contribution in [2.24, 2.45) is 0 Å². The topological polar surface area (TPSA) is 132 Å². The summed E-state index contributed by atoms with van der Waals surface area (Å²) in [7, 11) is 1.34. The van der Waals surface area contributed by atoms with Gasteiger partial charge in [0.15, 0.2) is 12.4 Å². The number of benzene rings is 2. The Morgan fingerprint density at radius 1 is 1.07 bits per heavy atom. The monoisotopic (exact) mass is 628 g/mol. The van der Waals surface area contributed by atoms with E-state index in [0.29, 0.717) is 47.9 Å². The first-order chi connectivity index (χ1) is 21.4. The third-order valence-corrected chi connectivity index (χ3v) is 7.69. The Morgan fingerprint density at radius 2 is 1.78 bits per heavy atom. The van der Waals surface area contributed by atoms with Gasteiger partial charge in [-0.15, -0.1) is 13.2 Å². The second kappa shape index (κ2) is 12.5. The molecule has 11 nitrogen and oxygen atoms in total. The van der Waals surface area contributed by atoms with Gasteiger partial charge in [-0.05, 0) is 49.1 Å². The van der Waals surface area contributed by atoms with E-state index < -0.39 is 29.5 Å². The molecule has 0 bridgehead atoms. The molecule has 1 aliphatic rings. The summed E-state index contributed by atoms with van der Waals surface area (Å²) in [4.78, 5) is 55.5. The summed E-state index contributed by atoms with van der Waals surface area (Å²) in [6.45, 7) is 3.38. The van der Waals surface area contributed by atoms with Crippen molar-refractivity contribution in [2.75, 3.05) is 26.8 Å². The molecule has 4 aromatic rings. The molecule has 0 aliphatic carbocycles. The van der Waals surface area contributed by atoms with Gasteiger partial charge in [0.2, 0.25) is 0 Å². The summed E-state index contributed by atoms with van der Waals surface area (Å²) in [5, 5.41) is 3.72. The van der Waals surface area contributed by atoms with Crippen molar-refractivity contribution < 1.29 is 41.8 Å². The molecule has 0 radical (unpaired) electrons. The summed E-state index contributed by atoms with van der Waals surface area (Å²) in [6.07, 6.45) is -3.94. The molecule has 238 valence electrons.